The van der Waals surface area contributed by atoms with Gasteiger partial charge in [0.15, 0.2) is 5.13 Å². The molecule has 0 spiro atoms. The van der Waals surface area contributed by atoms with E-state index in [2.05, 4.69) is 35.4 Å². The van der Waals surface area contributed by atoms with Crippen LogP contribution in [0.25, 0.3) is 10.2 Å². The van der Waals surface area contributed by atoms with Crippen molar-refractivity contribution in [3.05, 3.63) is 23.8 Å². The molecular weight excluding hydrogens is 270 g/mol. The summed E-state index contributed by atoms with van der Waals surface area (Å²) in [5.41, 5.74) is 2.32. The Morgan fingerprint density at radius 3 is 3.15 bits per heavy atom. The Kier molecular flexibility index (Phi) is 3.87. The third-order valence-electron chi connectivity index (χ3n) is 3.60. The van der Waals surface area contributed by atoms with E-state index >= 15 is 0 Å². The summed E-state index contributed by atoms with van der Waals surface area (Å²) in [6.07, 6.45) is 2.72. The first kappa shape index (κ1) is 13.4. The van der Waals surface area contributed by atoms with Gasteiger partial charge >= 0.3 is 0 Å². The molecule has 1 aromatic carbocycles. The largest absolute Gasteiger partial charge is 0.361 e. The number of nitrogens with one attached hydrogen (secondary N) is 1. The maximum Gasteiger partial charge on any atom is 0.222 e. The fourth-order valence-corrected chi connectivity index (χ4v) is 3.50. The first-order valence-corrected chi connectivity index (χ1v) is 7.93. The van der Waals surface area contributed by atoms with Crippen LogP contribution in [-0.2, 0) is 4.79 Å². The summed E-state index contributed by atoms with van der Waals surface area (Å²) in [4.78, 5) is 18.0. The van der Waals surface area contributed by atoms with Crippen LogP contribution in [0.1, 0.15) is 24.8 Å². The Bertz CT molecular complexity index is 623. The van der Waals surface area contributed by atoms with Crippen LogP contribution in [0, 0.1) is 6.92 Å². The molecule has 3 rings (SSSR count). The monoisotopic (exact) mass is 289 g/mol. The summed E-state index contributed by atoms with van der Waals surface area (Å²) in [5.74, 6) is 0.306. The molecule has 1 amide bonds. The Morgan fingerprint density at radius 2 is 2.35 bits per heavy atom. The molecule has 0 aliphatic carbocycles. The number of hydrogen-bond donors (Lipinski definition) is 1. The van der Waals surface area contributed by atoms with E-state index in [-0.39, 0.29) is 0 Å². The third-order valence-corrected chi connectivity index (χ3v) is 4.57. The lowest BCUT2D eigenvalue weighted by atomic mass is 10.2. The van der Waals surface area contributed by atoms with Crippen molar-refractivity contribution in [1.82, 2.24) is 9.88 Å². The minimum atomic E-state index is 0.306. The fraction of sp³-hybridized carbons (Fsp3) is 0.467. The molecule has 2 heterocycles. The minimum absolute atomic E-state index is 0.306. The molecule has 1 aromatic heterocycles. The van der Waals surface area contributed by atoms with Gasteiger partial charge in [-0.1, -0.05) is 17.4 Å². The fourth-order valence-electron chi connectivity index (χ4n) is 2.51. The number of rotatable bonds is 5. The number of likely N-dealkylation sites (tertiary alicyclic amines) is 1. The van der Waals surface area contributed by atoms with Crippen molar-refractivity contribution in [1.29, 1.82) is 0 Å². The third kappa shape index (κ3) is 2.93. The van der Waals surface area contributed by atoms with Crippen LogP contribution in [-0.4, -0.2) is 35.4 Å². The first-order chi connectivity index (χ1) is 9.72. The highest BCUT2D eigenvalue weighted by Gasteiger charge is 2.18. The molecular formula is C15H19N3OS. The number of aromatic nitrogens is 1. The molecule has 1 N–H and O–H groups in total. The van der Waals surface area contributed by atoms with E-state index in [1.54, 1.807) is 11.3 Å². The van der Waals surface area contributed by atoms with E-state index in [4.69, 9.17) is 0 Å². The number of aryl methyl sites for hydroxylation is 1. The summed E-state index contributed by atoms with van der Waals surface area (Å²) in [7, 11) is 0. The smallest absolute Gasteiger partial charge is 0.222 e. The highest BCUT2D eigenvalue weighted by atomic mass is 32.1. The van der Waals surface area contributed by atoms with E-state index in [0.29, 0.717) is 5.91 Å². The number of hydrogen-bond acceptors (Lipinski definition) is 4. The van der Waals surface area contributed by atoms with Crippen molar-refractivity contribution in [3.8, 4) is 0 Å². The molecule has 4 nitrogen and oxygen atoms in total. The number of thiazole rings is 1. The molecule has 1 saturated heterocycles. The van der Waals surface area contributed by atoms with Crippen LogP contribution >= 0.6 is 11.3 Å². The van der Waals surface area contributed by atoms with Gasteiger partial charge in [-0.05, 0) is 37.5 Å². The van der Waals surface area contributed by atoms with Crippen molar-refractivity contribution in [2.45, 2.75) is 26.2 Å². The van der Waals surface area contributed by atoms with Gasteiger partial charge in [-0.25, -0.2) is 4.98 Å². The number of benzene rings is 1. The minimum Gasteiger partial charge on any atom is -0.361 e. The van der Waals surface area contributed by atoms with E-state index in [0.717, 1.165) is 49.5 Å². The van der Waals surface area contributed by atoms with Gasteiger partial charge in [-0.15, -0.1) is 0 Å². The van der Waals surface area contributed by atoms with Crippen molar-refractivity contribution in [3.63, 3.8) is 0 Å². The number of carbonyl (C=O) groups is 1. The zero-order valence-electron chi connectivity index (χ0n) is 11.7. The van der Waals surface area contributed by atoms with Crippen LogP contribution in [0.4, 0.5) is 5.13 Å². The van der Waals surface area contributed by atoms with Gasteiger partial charge in [0.1, 0.15) is 0 Å². The molecule has 0 unspecified atom stereocenters. The number of amides is 1. The second-order valence-electron chi connectivity index (χ2n) is 5.25. The lowest BCUT2D eigenvalue weighted by Crippen LogP contribution is -2.26. The molecule has 1 fully saturated rings. The van der Waals surface area contributed by atoms with Crippen molar-refractivity contribution < 1.29 is 4.79 Å². The molecule has 0 saturated carbocycles. The number of carbonyl (C=O) groups excluding carboxylic acids is 1. The zero-order chi connectivity index (χ0) is 13.9. The van der Waals surface area contributed by atoms with E-state index in [9.17, 15) is 4.79 Å². The second-order valence-corrected chi connectivity index (χ2v) is 6.29. The highest BCUT2D eigenvalue weighted by molar-refractivity contribution is 7.22. The van der Waals surface area contributed by atoms with Gasteiger partial charge in [0.2, 0.25) is 5.91 Å². The zero-order valence-corrected chi connectivity index (χ0v) is 12.5. The number of nitrogens with zero attached hydrogens (tertiary/aromatic N) is 2. The number of anilines is 1. The molecule has 1 aliphatic heterocycles. The summed E-state index contributed by atoms with van der Waals surface area (Å²) < 4.78 is 1.22. The van der Waals surface area contributed by atoms with E-state index in [1.807, 2.05) is 4.90 Å². The highest BCUT2D eigenvalue weighted by Crippen LogP contribution is 2.26. The lowest BCUT2D eigenvalue weighted by molar-refractivity contribution is -0.127. The molecule has 20 heavy (non-hydrogen) atoms. The Labute approximate surface area is 122 Å². The number of fused-ring (bicyclic) bond motifs is 1. The standard InChI is InChI=1S/C15H19N3OS/c1-11-5-6-12-13(10-11)20-15(17-12)16-7-3-9-18-8-2-4-14(18)19/h5-6,10H,2-4,7-9H2,1H3,(H,16,17). The molecule has 5 heteroatoms. The van der Waals surface area contributed by atoms with Crippen molar-refractivity contribution >= 4 is 32.6 Å². The van der Waals surface area contributed by atoms with Gasteiger partial charge in [0, 0.05) is 26.1 Å². The predicted molar refractivity (Wildman–Crippen MR) is 83.3 cm³/mol. The topological polar surface area (TPSA) is 45.2 Å². The maximum atomic E-state index is 11.5. The normalized spacial score (nSPS) is 15.2. The molecule has 0 atom stereocenters. The molecule has 0 radical (unpaired) electrons. The van der Waals surface area contributed by atoms with Crippen molar-refractivity contribution in [2.24, 2.45) is 0 Å². The van der Waals surface area contributed by atoms with Gasteiger partial charge in [-0.2, -0.15) is 0 Å². The van der Waals surface area contributed by atoms with Crippen LogP contribution < -0.4 is 5.32 Å². The lowest BCUT2D eigenvalue weighted by Gasteiger charge is -2.14. The molecule has 1 aliphatic rings. The van der Waals surface area contributed by atoms with Crippen LogP contribution in [0.2, 0.25) is 0 Å². The van der Waals surface area contributed by atoms with Gasteiger partial charge in [-0.3, -0.25) is 4.79 Å². The summed E-state index contributed by atoms with van der Waals surface area (Å²) >= 11 is 1.69. The second kappa shape index (κ2) is 5.79. The summed E-state index contributed by atoms with van der Waals surface area (Å²) in [5, 5.41) is 4.33. The van der Waals surface area contributed by atoms with Crippen LogP contribution in [0.5, 0.6) is 0 Å². The van der Waals surface area contributed by atoms with Crippen LogP contribution in [0.3, 0.4) is 0 Å². The predicted octanol–water partition coefficient (Wildman–Crippen LogP) is 3.03. The molecule has 2 aromatic rings. The van der Waals surface area contributed by atoms with Crippen LogP contribution in [0.15, 0.2) is 18.2 Å². The van der Waals surface area contributed by atoms with Gasteiger partial charge < -0.3 is 10.2 Å². The first-order valence-electron chi connectivity index (χ1n) is 7.11. The van der Waals surface area contributed by atoms with Gasteiger partial charge in [0.05, 0.1) is 10.2 Å². The van der Waals surface area contributed by atoms with Crippen molar-refractivity contribution in [2.75, 3.05) is 25.0 Å². The summed E-state index contributed by atoms with van der Waals surface area (Å²) in [6.45, 7) is 4.75. The Balaban J connectivity index is 1.51. The molecule has 106 valence electrons. The average Bonchev–Trinajstić information content (AvgIpc) is 3.00. The van der Waals surface area contributed by atoms with E-state index in [1.165, 1.54) is 10.3 Å². The quantitative estimate of drug-likeness (QED) is 0.861. The van der Waals surface area contributed by atoms with Gasteiger partial charge in [0.25, 0.3) is 0 Å². The SMILES string of the molecule is Cc1ccc2nc(NCCCN3CCCC3=O)sc2c1. The summed E-state index contributed by atoms with van der Waals surface area (Å²) in [6, 6.07) is 6.32. The maximum absolute atomic E-state index is 11.5. The molecule has 0 bridgehead atoms. The average molecular weight is 289 g/mol. The van der Waals surface area contributed by atoms with E-state index < -0.39 is 0 Å². The Morgan fingerprint density at radius 1 is 1.45 bits per heavy atom. The Hall–Kier alpha value is -1.62.